The Balaban J connectivity index is 2.04. The molecule has 1 N–H and O–H groups in total. The lowest BCUT2D eigenvalue weighted by molar-refractivity contribution is -0.143. The molecule has 0 atom stereocenters. The Hall–Kier alpha value is -2.15. The SMILES string of the molecule is CCOC(=O)CN(C)C(=O)c1cc(-c2cccs2)[nH]n1. The Labute approximate surface area is 120 Å². The summed E-state index contributed by atoms with van der Waals surface area (Å²) >= 11 is 1.56. The normalized spacial score (nSPS) is 10.3. The van der Waals surface area contributed by atoms with Crippen LogP contribution in [0.5, 0.6) is 0 Å². The molecule has 0 unspecified atom stereocenters. The lowest BCUT2D eigenvalue weighted by Gasteiger charge is -2.14. The molecular weight excluding hydrogens is 278 g/mol. The molecule has 0 saturated carbocycles. The number of aromatic amines is 1. The van der Waals surface area contributed by atoms with E-state index < -0.39 is 5.97 Å². The quantitative estimate of drug-likeness (QED) is 0.853. The van der Waals surface area contributed by atoms with Crippen LogP contribution in [0, 0.1) is 0 Å². The first-order valence-corrected chi connectivity index (χ1v) is 7.00. The van der Waals surface area contributed by atoms with Crippen molar-refractivity contribution in [2.45, 2.75) is 6.92 Å². The number of nitrogens with zero attached hydrogens (tertiary/aromatic N) is 2. The Morgan fingerprint density at radius 2 is 2.30 bits per heavy atom. The van der Waals surface area contributed by atoms with Gasteiger partial charge in [0.05, 0.1) is 17.2 Å². The highest BCUT2D eigenvalue weighted by Gasteiger charge is 2.18. The van der Waals surface area contributed by atoms with Gasteiger partial charge < -0.3 is 9.64 Å². The Kier molecular flexibility index (Phi) is 4.52. The van der Waals surface area contributed by atoms with Crippen molar-refractivity contribution >= 4 is 23.2 Å². The average Bonchev–Trinajstić information content (AvgIpc) is 3.08. The number of ether oxygens (including phenoxy) is 1. The maximum atomic E-state index is 12.1. The van der Waals surface area contributed by atoms with Crippen LogP contribution in [0.25, 0.3) is 10.6 Å². The van der Waals surface area contributed by atoms with Crippen LogP contribution in [0.4, 0.5) is 0 Å². The van der Waals surface area contributed by atoms with Crippen molar-refractivity contribution in [2.24, 2.45) is 0 Å². The van der Waals surface area contributed by atoms with E-state index in [2.05, 4.69) is 10.2 Å². The number of H-pyrrole nitrogens is 1. The van der Waals surface area contributed by atoms with Crippen LogP contribution in [-0.4, -0.2) is 47.2 Å². The largest absolute Gasteiger partial charge is 0.465 e. The summed E-state index contributed by atoms with van der Waals surface area (Å²) in [5.41, 5.74) is 1.06. The van der Waals surface area contributed by atoms with E-state index in [1.165, 1.54) is 4.90 Å². The second kappa shape index (κ2) is 6.33. The molecule has 2 aromatic rings. The summed E-state index contributed by atoms with van der Waals surface area (Å²) in [7, 11) is 1.54. The van der Waals surface area contributed by atoms with Gasteiger partial charge in [-0.3, -0.25) is 14.7 Å². The third-order valence-corrected chi connectivity index (χ3v) is 3.51. The van der Waals surface area contributed by atoms with Gasteiger partial charge in [0.25, 0.3) is 5.91 Å². The van der Waals surface area contributed by atoms with Crippen molar-refractivity contribution < 1.29 is 14.3 Å². The molecule has 0 aliphatic rings. The molecule has 1 amide bonds. The highest BCUT2D eigenvalue weighted by Crippen LogP contribution is 2.23. The number of carbonyl (C=O) groups is 2. The van der Waals surface area contributed by atoms with E-state index in [9.17, 15) is 9.59 Å². The van der Waals surface area contributed by atoms with Gasteiger partial charge in [0, 0.05) is 7.05 Å². The van der Waals surface area contributed by atoms with Crippen molar-refractivity contribution in [1.82, 2.24) is 15.1 Å². The molecule has 106 valence electrons. The molecule has 0 aliphatic carbocycles. The summed E-state index contributed by atoms with van der Waals surface area (Å²) in [4.78, 5) is 25.7. The molecule has 0 radical (unpaired) electrons. The van der Waals surface area contributed by atoms with Gasteiger partial charge in [-0.2, -0.15) is 5.10 Å². The van der Waals surface area contributed by atoms with E-state index >= 15 is 0 Å². The predicted molar refractivity (Wildman–Crippen MR) is 75.5 cm³/mol. The number of hydrogen-bond donors (Lipinski definition) is 1. The molecule has 0 aromatic carbocycles. The van der Waals surface area contributed by atoms with E-state index in [-0.39, 0.29) is 18.1 Å². The van der Waals surface area contributed by atoms with E-state index in [0.29, 0.717) is 6.61 Å². The minimum absolute atomic E-state index is 0.0894. The van der Waals surface area contributed by atoms with Gasteiger partial charge in [-0.25, -0.2) is 0 Å². The third kappa shape index (κ3) is 3.24. The van der Waals surface area contributed by atoms with Crippen molar-refractivity contribution in [3.8, 4) is 10.6 Å². The molecule has 2 aromatic heterocycles. The monoisotopic (exact) mass is 293 g/mol. The van der Waals surface area contributed by atoms with Gasteiger partial charge in [-0.05, 0) is 24.4 Å². The maximum absolute atomic E-state index is 12.1. The molecule has 0 aliphatic heterocycles. The van der Waals surface area contributed by atoms with Crippen molar-refractivity contribution in [3.63, 3.8) is 0 Å². The number of esters is 1. The minimum Gasteiger partial charge on any atom is -0.465 e. The van der Waals surface area contributed by atoms with Crippen molar-refractivity contribution in [3.05, 3.63) is 29.3 Å². The van der Waals surface area contributed by atoms with Gasteiger partial charge in [-0.15, -0.1) is 11.3 Å². The summed E-state index contributed by atoms with van der Waals surface area (Å²) in [6.07, 6.45) is 0. The highest BCUT2D eigenvalue weighted by molar-refractivity contribution is 7.13. The van der Waals surface area contributed by atoms with Crippen LogP contribution in [0.2, 0.25) is 0 Å². The zero-order valence-corrected chi connectivity index (χ0v) is 12.1. The third-order valence-electron chi connectivity index (χ3n) is 2.60. The fraction of sp³-hybridized carbons (Fsp3) is 0.308. The number of thiophene rings is 1. The Morgan fingerprint density at radius 3 is 2.95 bits per heavy atom. The minimum atomic E-state index is -0.433. The molecule has 0 saturated heterocycles. The maximum Gasteiger partial charge on any atom is 0.325 e. The lowest BCUT2D eigenvalue weighted by Crippen LogP contribution is -2.33. The first kappa shape index (κ1) is 14.3. The number of rotatable bonds is 5. The molecule has 0 fully saturated rings. The molecule has 2 rings (SSSR count). The van der Waals surface area contributed by atoms with Crippen molar-refractivity contribution in [1.29, 1.82) is 0 Å². The molecule has 20 heavy (non-hydrogen) atoms. The van der Waals surface area contributed by atoms with Crippen LogP contribution >= 0.6 is 11.3 Å². The smallest absolute Gasteiger partial charge is 0.325 e. The summed E-state index contributed by atoms with van der Waals surface area (Å²) in [6.45, 7) is 1.93. The first-order valence-electron chi connectivity index (χ1n) is 6.12. The van der Waals surface area contributed by atoms with E-state index in [1.54, 1.807) is 31.4 Å². The van der Waals surface area contributed by atoms with Crippen LogP contribution in [0.15, 0.2) is 23.6 Å². The standard InChI is InChI=1S/C13H15N3O3S/c1-3-19-12(17)8-16(2)13(18)10-7-9(14-15-10)11-5-4-6-20-11/h4-7H,3,8H2,1-2H3,(H,14,15). The summed E-state index contributed by atoms with van der Waals surface area (Å²) in [6, 6.07) is 5.54. The number of amides is 1. The Bertz CT molecular complexity index is 592. The second-order valence-corrected chi connectivity index (χ2v) is 5.06. The van der Waals surface area contributed by atoms with Gasteiger partial charge in [0.15, 0.2) is 5.69 Å². The van der Waals surface area contributed by atoms with E-state index in [1.807, 2.05) is 17.5 Å². The lowest BCUT2D eigenvalue weighted by atomic mass is 10.3. The average molecular weight is 293 g/mol. The molecular formula is C13H15N3O3S. The number of aromatic nitrogens is 2. The number of nitrogens with one attached hydrogen (secondary N) is 1. The first-order chi connectivity index (χ1) is 9.61. The van der Waals surface area contributed by atoms with Gasteiger partial charge in [-0.1, -0.05) is 6.07 Å². The van der Waals surface area contributed by atoms with E-state index in [0.717, 1.165) is 10.6 Å². The number of carbonyl (C=O) groups excluding carboxylic acids is 2. The zero-order valence-electron chi connectivity index (χ0n) is 11.3. The van der Waals surface area contributed by atoms with Crippen molar-refractivity contribution in [2.75, 3.05) is 20.2 Å². The fourth-order valence-electron chi connectivity index (χ4n) is 1.66. The van der Waals surface area contributed by atoms with Crippen LogP contribution in [0.3, 0.4) is 0 Å². The topological polar surface area (TPSA) is 75.3 Å². The molecule has 6 nitrogen and oxygen atoms in total. The van der Waals surface area contributed by atoms with Crippen LogP contribution < -0.4 is 0 Å². The number of hydrogen-bond acceptors (Lipinski definition) is 5. The number of likely N-dealkylation sites (N-methyl/N-ethyl adjacent to an activating group) is 1. The Morgan fingerprint density at radius 1 is 1.50 bits per heavy atom. The predicted octanol–water partition coefficient (Wildman–Crippen LogP) is 1.77. The van der Waals surface area contributed by atoms with Crippen LogP contribution in [0.1, 0.15) is 17.4 Å². The highest BCUT2D eigenvalue weighted by atomic mass is 32.1. The summed E-state index contributed by atoms with van der Waals surface area (Å²) in [5, 5.41) is 8.75. The van der Waals surface area contributed by atoms with Gasteiger partial charge in [0.2, 0.25) is 0 Å². The second-order valence-electron chi connectivity index (χ2n) is 4.11. The summed E-state index contributed by atoms with van der Waals surface area (Å²) in [5.74, 6) is -0.755. The summed E-state index contributed by atoms with van der Waals surface area (Å²) < 4.78 is 4.80. The fourth-order valence-corrected chi connectivity index (χ4v) is 2.35. The van der Waals surface area contributed by atoms with Gasteiger partial charge in [0.1, 0.15) is 6.54 Å². The molecule has 7 heteroatoms. The zero-order chi connectivity index (χ0) is 14.5. The molecule has 0 spiro atoms. The molecule has 2 heterocycles. The van der Waals surface area contributed by atoms with E-state index in [4.69, 9.17) is 4.74 Å². The van der Waals surface area contributed by atoms with Crippen LogP contribution in [-0.2, 0) is 9.53 Å². The molecule has 0 bridgehead atoms. The van der Waals surface area contributed by atoms with Gasteiger partial charge >= 0.3 is 5.97 Å².